The van der Waals surface area contributed by atoms with Crippen LogP contribution in [0.3, 0.4) is 0 Å². The van der Waals surface area contributed by atoms with Gasteiger partial charge in [-0.1, -0.05) is 53.7 Å². The maximum Gasteiger partial charge on any atom is 0.236 e. The van der Waals surface area contributed by atoms with Crippen molar-refractivity contribution in [2.45, 2.75) is 0 Å². The minimum Gasteiger partial charge on any atom is -0.354 e. The van der Waals surface area contributed by atoms with Gasteiger partial charge < -0.3 is 10.3 Å². The van der Waals surface area contributed by atoms with Crippen molar-refractivity contribution in [3.63, 3.8) is 0 Å². The summed E-state index contributed by atoms with van der Waals surface area (Å²) in [6.07, 6.45) is 1.71. The number of halogens is 1. The number of carbonyl (C=O) groups excluding carboxylic acids is 1. The van der Waals surface area contributed by atoms with Crippen LogP contribution in [0, 0.1) is 0 Å². The summed E-state index contributed by atoms with van der Waals surface area (Å²) in [6.45, 7) is 0. The van der Waals surface area contributed by atoms with Crippen LogP contribution in [-0.2, 0) is 4.79 Å². The van der Waals surface area contributed by atoms with Crippen LogP contribution in [0.5, 0.6) is 0 Å². The van der Waals surface area contributed by atoms with Gasteiger partial charge in [-0.3, -0.25) is 4.79 Å². The van der Waals surface area contributed by atoms with Gasteiger partial charge in [-0.15, -0.1) is 5.10 Å². The number of nitrogens with one attached hydrogen (secondary N) is 2. The fraction of sp³-hybridized carbons (Fsp3) is 0.0556. The predicted octanol–water partition coefficient (Wildman–Crippen LogP) is 4.04. The van der Waals surface area contributed by atoms with E-state index in [9.17, 15) is 4.79 Å². The van der Waals surface area contributed by atoms with Gasteiger partial charge in [0.2, 0.25) is 5.91 Å². The van der Waals surface area contributed by atoms with E-state index in [1.165, 1.54) is 11.8 Å². The summed E-state index contributed by atoms with van der Waals surface area (Å²) >= 11 is 7.34. The second-order valence-electron chi connectivity index (χ2n) is 5.45. The maximum atomic E-state index is 11.2. The summed E-state index contributed by atoms with van der Waals surface area (Å²) in [6, 6.07) is 15.7. The number of nitrogens with zero attached hydrogens (tertiary/aromatic N) is 2. The molecule has 2 heterocycles. The summed E-state index contributed by atoms with van der Waals surface area (Å²) in [5.41, 5.74) is 3.92. The van der Waals surface area contributed by atoms with E-state index < -0.39 is 0 Å². The molecule has 0 spiro atoms. The van der Waals surface area contributed by atoms with Crippen molar-refractivity contribution < 1.29 is 4.79 Å². The zero-order valence-electron chi connectivity index (χ0n) is 13.0. The first-order valence-electron chi connectivity index (χ1n) is 7.61. The van der Waals surface area contributed by atoms with Crippen molar-refractivity contribution >= 4 is 51.6 Å². The van der Waals surface area contributed by atoms with Crippen molar-refractivity contribution in [3.8, 4) is 11.3 Å². The zero-order valence-corrected chi connectivity index (χ0v) is 14.6. The molecular formula is C18H13ClN4OS. The van der Waals surface area contributed by atoms with Gasteiger partial charge in [-0.25, -0.2) is 0 Å². The predicted molar refractivity (Wildman–Crippen MR) is 104 cm³/mol. The first kappa shape index (κ1) is 15.9. The van der Waals surface area contributed by atoms with Gasteiger partial charge in [-0.05, 0) is 23.8 Å². The van der Waals surface area contributed by atoms with E-state index in [-0.39, 0.29) is 5.91 Å². The molecule has 0 bridgehead atoms. The second kappa shape index (κ2) is 6.74. The molecule has 1 fully saturated rings. The summed E-state index contributed by atoms with van der Waals surface area (Å²) in [5.74, 6) is 0.338. The van der Waals surface area contributed by atoms with Gasteiger partial charge in [-0.2, -0.15) is 5.10 Å². The van der Waals surface area contributed by atoms with E-state index in [0.717, 1.165) is 27.7 Å². The molecule has 0 atom stereocenters. The van der Waals surface area contributed by atoms with E-state index >= 15 is 0 Å². The number of hydrogen-bond donors (Lipinski definition) is 2. The third-order valence-corrected chi connectivity index (χ3v) is 4.92. The Labute approximate surface area is 153 Å². The van der Waals surface area contributed by atoms with Crippen LogP contribution in [0.15, 0.2) is 58.7 Å². The molecule has 25 heavy (non-hydrogen) atoms. The van der Waals surface area contributed by atoms with Crippen LogP contribution >= 0.6 is 23.4 Å². The average Bonchev–Trinajstić information content (AvgIpc) is 3.20. The van der Waals surface area contributed by atoms with Crippen LogP contribution in [0.4, 0.5) is 0 Å². The fourth-order valence-electron chi connectivity index (χ4n) is 2.66. The fourth-order valence-corrected chi connectivity index (χ4v) is 3.42. The van der Waals surface area contributed by atoms with E-state index in [0.29, 0.717) is 15.9 Å². The van der Waals surface area contributed by atoms with Gasteiger partial charge >= 0.3 is 0 Å². The monoisotopic (exact) mass is 368 g/mol. The van der Waals surface area contributed by atoms with E-state index in [1.54, 1.807) is 6.21 Å². The number of para-hydroxylation sites is 1. The summed E-state index contributed by atoms with van der Waals surface area (Å²) in [4.78, 5) is 14.6. The van der Waals surface area contributed by atoms with E-state index in [4.69, 9.17) is 11.6 Å². The topological polar surface area (TPSA) is 69.6 Å². The highest BCUT2D eigenvalue weighted by atomic mass is 35.5. The molecule has 1 amide bonds. The Bertz CT molecular complexity index is 1010. The lowest BCUT2D eigenvalue weighted by Crippen LogP contribution is -2.19. The minimum atomic E-state index is -0.0482. The minimum absolute atomic E-state index is 0.0482. The number of amides is 1. The molecule has 1 aromatic heterocycles. The first-order valence-corrected chi connectivity index (χ1v) is 8.97. The number of H-pyrrole nitrogens is 1. The molecule has 1 aliphatic heterocycles. The molecule has 0 saturated carbocycles. The van der Waals surface area contributed by atoms with Gasteiger partial charge in [0, 0.05) is 21.5 Å². The third kappa shape index (κ3) is 3.31. The Morgan fingerprint density at radius 3 is 2.68 bits per heavy atom. The van der Waals surface area contributed by atoms with Crippen molar-refractivity contribution in [1.29, 1.82) is 0 Å². The Kier molecular flexibility index (Phi) is 4.29. The molecule has 0 aliphatic carbocycles. The van der Waals surface area contributed by atoms with Crippen LogP contribution in [0.1, 0.15) is 5.56 Å². The van der Waals surface area contributed by atoms with Crippen LogP contribution < -0.4 is 5.32 Å². The highest BCUT2D eigenvalue weighted by molar-refractivity contribution is 8.15. The highest BCUT2D eigenvalue weighted by Gasteiger charge is 2.16. The first-order chi connectivity index (χ1) is 12.2. The average molecular weight is 369 g/mol. The normalized spacial score (nSPS) is 16.2. The number of aromatic amines is 1. The highest BCUT2D eigenvalue weighted by Crippen LogP contribution is 2.30. The van der Waals surface area contributed by atoms with Crippen molar-refractivity contribution in [2.24, 2.45) is 10.2 Å². The maximum absolute atomic E-state index is 11.2. The molecule has 1 aliphatic rings. The summed E-state index contributed by atoms with van der Waals surface area (Å²) < 4.78 is 0. The number of aromatic nitrogens is 1. The van der Waals surface area contributed by atoms with Gasteiger partial charge in [0.1, 0.15) is 0 Å². The lowest BCUT2D eigenvalue weighted by Gasteiger charge is -2.01. The molecule has 4 rings (SSSR count). The van der Waals surface area contributed by atoms with E-state index in [2.05, 4.69) is 20.5 Å². The Hall–Kier alpha value is -2.57. The lowest BCUT2D eigenvalue weighted by molar-refractivity contribution is -0.116. The number of amidine groups is 1. The van der Waals surface area contributed by atoms with Crippen molar-refractivity contribution in [2.75, 3.05) is 5.75 Å². The number of rotatable bonds is 3. The van der Waals surface area contributed by atoms with Gasteiger partial charge in [0.15, 0.2) is 5.17 Å². The molecular weight excluding hydrogens is 356 g/mol. The SMILES string of the molecule is O=C1CS/C(=N\N=C\c2c(-c3ccc(Cl)cc3)[nH]c3ccccc23)N1. The Morgan fingerprint density at radius 1 is 1.12 bits per heavy atom. The smallest absolute Gasteiger partial charge is 0.236 e. The lowest BCUT2D eigenvalue weighted by atomic mass is 10.1. The molecule has 5 nitrogen and oxygen atoms in total. The van der Waals surface area contributed by atoms with Gasteiger partial charge in [0.05, 0.1) is 17.7 Å². The molecule has 124 valence electrons. The quantitative estimate of drug-likeness (QED) is 0.541. The summed E-state index contributed by atoms with van der Waals surface area (Å²) in [7, 11) is 0. The number of fused-ring (bicyclic) bond motifs is 1. The zero-order chi connectivity index (χ0) is 17.2. The second-order valence-corrected chi connectivity index (χ2v) is 6.85. The number of benzene rings is 2. The molecule has 0 radical (unpaired) electrons. The molecule has 0 unspecified atom stereocenters. The number of carbonyl (C=O) groups is 1. The molecule has 1 saturated heterocycles. The molecule has 2 aromatic carbocycles. The van der Waals surface area contributed by atoms with Gasteiger partial charge in [0.25, 0.3) is 0 Å². The molecule has 7 heteroatoms. The number of thioether (sulfide) groups is 1. The number of hydrogen-bond acceptors (Lipinski definition) is 4. The molecule has 2 N–H and O–H groups in total. The van der Waals surface area contributed by atoms with Crippen LogP contribution in [0.2, 0.25) is 5.02 Å². The Balaban J connectivity index is 1.77. The van der Waals surface area contributed by atoms with Crippen LogP contribution in [-0.4, -0.2) is 28.0 Å². The van der Waals surface area contributed by atoms with Crippen molar-refractivity contribution in [1.82, 2.24) is 10.3 Å². The summed E-state index contributed by atoms with van der Waals surface area (Å²) in [5, 5.41) is 13.2. The largest absolute Gasteiger partial charge is 0.354 e. The third-order valence-electron chi connectivity index (χ3n) is 3.80. The Morgan fingerprint density at radius 2 is 1.92 bits per heavy atom. The van der Waals surface area contributed by atoms with E-state index in [1.807, 2.05) is 48.5 Å². The van der Waals surface area contributed by atoms with Crippen molar-refractivity contribution in [3.05, 3.63) is 59.1 Å². The van der Waals surface area contributed by atoms with Crippen LogP contribution in [0.25, 0.3) is 22.2 Å². The standard InChI is InChI=1S/C18H13ClN4OS/c19-12-7-5-11(6-8-12)17-14(13-3-1-2-4-15(13)21-17)9-20-23-18-22-16(24)10-25-18/h1-9,21H,10H2,(H,22,23,24)/b20-9+. The molecule has 3 aromatic rings.